The maximum atomic E-state index is 12.5. The smallest absolute Gasteiger partial charge is 0.279 e. The summed E-state index contributed by atoms with van der Waals surface area (Å²) in [7, 11) is 0. The molecule has 0 spiro atoms. The lowest BCUT2D eigenvalue weighted by Gasteiger charge is -2.16. The number of nitrogens with one attached hydrogen (secondary N) is 1. The summed E-state index contributed by atoms with van der Waals surface area (Å²) >= 11 is 8.00. The van der Waals surface area contributed by atoms with Crippen molar-refractivity contribution in [2.24, 2.45) is 0 Å². The minimum absolute atomic E-state index is 0.0589. The van der Waals surface area contributed by atoms with E-state index in [0.29, 0.717) is 17.3 Å². The average molecular weight is 386 g/mol. The van der Waals surface area contributed by atoms with Gasteiger partial charge in [-0.3, -0.25) is 4.79 Å². The largest absolute Gasteiger partial charge is 0.328 e. The third kappa shape index (κ3) is 4.52. The van der Waals surface area contributed by atoms with Gasteiger partial charge in [-0.05, 0) is 42.5 Å². The summed E-state index contributed by atoms with van der Waals surface area (Å²) < 4.78 is 0. The van der Waals surface area contributed by atoms with E-state index in [0.717, 1.165) is 11.1 Å². The van der Waals surface area contributed by atoms with E-state index < -0.39 is 0 Å². The zero-order valence-electron chi connectivity index (χ0n) is 14.8. The van der Waals surface area contributed by atoms with Crippen LogP contribution in [0.25, 0.3) is 0 Å². The highest BCUT2D eigenvalue weighted by Gasteiger charge is 2.20. The molecule has 0 aliphatic heterocycles. The summed E-state index contributed by atoms with van der Waals surface area (Å²) in [5.74, 6) is -0.0589. The molecule has 0 saturated carbocycles. The lowest BCUT2D eigenvalue weighted by Crippen LogP contribution is -2.87. The second kappa shape index (κ2) is 8.49. The third-order valence-electron chi connectivity index (χ3n) is 4.24. The first kappa shape index (κ1) is 18.6. The molecule has 3 rings (SSSR count). The third-order valence-corrected chi connectivity index (χ3v) is 5.50. The van der Waals surface area contributed by atoms with Crippen molar-refractivity contribution < 1.29 is 10.1 Å². The number of benzene rings is 2. The first-order chi connectivity index (χ1) is 12.5. The minimum Gasteiger partial charge on any atom is -0.328 e. The molecule has 3 aromatic rings. The maximum absolute atomic E-state index is 12.5. The van der Waals surface area contributed by atoms with Gasteiger partial charge in [0, 0.05) is 5.56 Å². The number of hydrogen-bond donors (Lipinski definition) is 2. The molecule has 3 nitrogen and oxygen atoms in total. The van der Waals surface area contributed by atoms with Gasteiger partial charge in [0.15, 0.2) is 6.54 Å². The summed E-state index contributed by atoms with van der Waals surface area (Å²) in [5.41, 5.74) is 3.94. The Kier molecular flexibility index (Phi) is 6.09. The van der Waals surface area contributed by atoms with Crippen molar-refractivity contribution in [1.82, 2.24) is 0 Å². The van der Waals surface area contributed by atoms with Crippen molar-refractivity contribution in [1.29, 1.82) is 0 Å². The van der Waals surface area contributed by atoms with Crippen LogP contribution >= 0.6 is 22.9 Å². The Hall–Kier alpha value is -2.14. The van der Waals surface area contributed by atoms with E-state index in [1.165, 1.54) is 10.4 Å². The van der Waals surface area contributed by atoms with Crippen molar-refractivity contribution in [3.8, 4) is 0 Å². The van der Waals surface area contributed by atoms with Crippen molar-refractivity contribution in [3.63, 3.8) is 0 Å². The molecule has 134 valence electrons. The number of rotatable bonds is 6. The number of thiophene rings is 1. The van der Waals surface area contributed by atoms with Crippen molar-refractivity contribution in [2.45, 2.75) is 19.9 Å². The van der Waals surface area contributed by atoms with Crippen molar-refractivity contribution in [2.75, 3.05) is 11.9 Å². The maximum Gasteiger partial charge on any atom is 0.279 e. The summed E-state index contributed by atoms with van der Waals surface area (Å²) in [4.78, 5) is 13.7. The van der Waals surface area contributed by atoms with Gasteiger partial charge in [-0.15, -0.1) is 11.3 Å². The number of carbonyl (C=O) groups excluding carboxylic acids is 1. The second-order valence-corrected chi connectivity index (χ2v) is 7.72. The van der Waals surface area contributed by atoms with Gasteiger partial charge < -0.3 is 10.6 Å². The molecule has 3 N–H and O–H groups in total. The zero-order valence-corrected chi connectivity index (χ0v) is 16.4. The molecular formula is C21H22ClN2OS+. The number of carbonyl (C=O) groups is 1. The van der Waals surface area contributed by atoms with Crippen LogP contribution in [0, 0.1) is 13.8 Å². The SMILES string of the molecule is Cc1cc(C)c(NC(=O)C[NH2+][C@@H](c2ccccc2)c2cccs2)c(Cl)c1. The fraction of sp³-hybridized carbons (Fsp3) is 0.190. The zero-order chi connectivity index (χ0) is 18.5. The highest BCUT2D eigenvalue weighted by atomic mass is 35.5. The van der Waals surface area contributed by atoms with E-state index in [2.05, 4.69) is 34.2 Å². The van der Waals surface area contributed by atoms with Gasteiger partial charge in [0.1, 0.15) is 6.04 Å². The van der Waals surface area contributed by atoms with Crippen LogP contribution in [0.1, 0.15) is 27.6 Å². The van der Waals surface area contributed by atoms with Crippen LogP contribution in [0.4, 0.5) is 5.69 Å². The highest BCUT2D eigenvalue weighted by Crippen LogP contribution is 2.27. The number of anilines is 1. The van der Waals surface area contributed by atoms with E-state index in [1.54, 1.807) is 11.3 Å². The van der Waals surface area contributed by atoms with Gasteiger partial charge >= 0.3 is 0 Å². The van der Waals surface area contributed by atoms with E-state index in [4.69, 9.17) is 11.6 Å². The first-order valence-corrected chi connectivity index (χ1v) is 9.78. The summed E-state index contributed by atoms with van der Waals surface area (Å²) in [6.45, 7) is 4.27. The Morgan fingerprint density at radius 1 is 1.15 bits per heavy atom. The molecular weight excluding hydrogens is 364 g/mol. The standard InChI is InChI=1S/C21H21ClN2OS/c1-14-11-15(2)20(17(22)12-14)24-19(25)13-23-21(18-9-6-10-26-18)16-7-4-3-5-8-16/h3-12,21,23H,13H2,1-2H3,(H,24,25)/p+1/t21-/m0/s1. The number of quaternary nitrogens is 1. The molecule has 1 heterocycles. The van der Waals surface area contributed by atoms with Crippen LogP contribution in [0.15, 0.2) is 60.0 Å². The van der Waals surface area contributed by atoms with Crippen LogP contribution in [-0.2, 0) is 4.79 Å². The Morgan fingerprint density at radius 2 is 1.92 bits per heavy atom. The van der Waals surface area contributed by atoms with Gasteiger partial charge in [-0.2, -0.15) is 0 Å². The number of amides is 1. The lowest BCUT2D eigenvalue weighted by molar-refractivity contribution is -0.675. The predicted octanol–water partition coefficient (Wildman–Crippen LogP) is 4.31. The number of nitrogens with two attached hydrogens (primary N) is 1. The Labute approximate surface area is 163 Å². The number of hydrogen-bond acceptors (Lipinski definition) is 2. The molecule has 0 radical (unpaired) electrons. The van der Waals surface area contributed by atoms with E-state index in [1.807, 2.05) is 50.2 Å². The topological polar surface area (TPSA) is 45.7 Å². The molecule has 1 atom stereocenters. The molecule has 0 aliphatic rings. The van der Waals surface area contributed by atoms with Crippen LogP contribution in [0.2, 0.25) is 5.02 Å². The first-order valence-electron chi connectivity index (χ1n) is 8.53. The molecule has 0 fully saturated rings. The molecule has 5 heteroatoms. The molecule has 26 heavy (non-hydrogen) atoms. The minimum atomic E-state index is -0.0589. The van der Waals surface area contributed by atoms with Crippen LogP contribution in [-0.4, -0.2) is 12.5 Å². The monoisotopic (exact) mass is 385 g/mol. The number of halogens is 1. The molecule has 1 amide bonds. The molecule has 0 bridgehead atoms. The van der Waals surface area contributed by atoms with E-state index in [-0.39, 0.29) is 11.9 Å². The fourth-order valence-corrected chi connectivity index (χ4v) is 4.25. The predicted molar refractivity (Wildman–Crippen MR) is 109 cm³/mol. The van der Waals surface area contributed by atoms with Gasteiger partial charge in [0.2, 0.25) is 0 Å². The Balaban J connectivity index is 1.71. The average Bonchev–Trinajstić information content (AvgIpc) is 3.13. The summed E-state index contributed by atoms with van der Waals surface area (Å²) in [5, 5.41) is 7.66. The van der Waals surface area contributed by atoms with Gasteiger partial charge in [-0.25, -0.2) is 0 Å². The number of aryl methyl sites for hydroxylation is 2. The van der Waals surface area contributed by atoms with Gasteiger partial charge in [0.05, 0.1) is 15.6 Å². The fourth-order valence-electron chi connectivity index (χ4n) is 3.03. The van der Waals surface area contributed by atoms with E-state index in [9.17, 15) is 4.79 Å². The van der Waals surface area contributed by atoms with Gasteiger partial charge in [0.25, 0.3) is 5.91 Å². The summed E-state index contributed by atoms with van der Waals surface area (Å²) in [6, 6.07) is 18.4. The second-order valence-electron chi connectivity index (χ2n) is 6.33. The van der Waals surface area contributed by atoms with E-state index >= 15 is 0 Å². The van der Waals surface area contributed by atoms with Crippen LogP contribution < -0.4 is 10.6 Å². The normalized spacial score (nSPS) is 12.0. The summed E-state index contributed by atoms with van der Waals surface area (Å²) in [6.07, 6.45) is 0. The lowest BCUT2D eigenvalue weighted by atomic mass is 10.1. The van der Waals surface area contributed by atoms with Crippen molar-refractivity contribution in [3.05, 3.63) is 86.6 Å². The molecule has 0 aliphatic carbocycles. The van der Waals surface area contributed by atoms with Gasteiger partial charge in [-0.1, -0.05) is 54.1 Å². The highest BCUT2D eigenvalue weighted by molar-refractivity contribution is 7.10. The van der Waals surface area contributed by atoms with Crippen LogP contribution in [0.5, 0.6) is 0 Å². The van der Waals surface area contributed by atoms with Crippen LogP contribution in [0.3, 0.4) is 0 Å². The van der Waals surface area contributed by atoms with Crippen molar-refractivity contribution >= 4 is 34.5 Å². The molecule has 0 unspecified atom stereocenters. The molecule has 1 aromatic heterocycles. The Morgan fingerprint density at radius 3 is 2.58 bits per heavy atom. The molecule has 0 saturated heterocycles. The quantitative estimate of drug-likeness (QED) is 0.652. The molecule has 2 aromatic carbocycles. The Bertz CT molecular complexity index is 855.